The maximum atomic E-state index is 12.2. The lowest BCUT2D eigenvalue weighted by Crippen LogP contribution is -2.20. The first-order chi connectivity index (χ1) is 13.0. The average molecular weight is 371 g/mol. The number of primary amides is 1. The van der Waals surface area contributed by atoms with Crippen molar-refractivity contribution in [2.75, 3.05) is 20.3 Å². The van der Waals surface area contributed by atoms with Gasteiger partial charge < -0.3 is 19.9 Å². The molecule has 3 N–H and O–H groups in total. The Morgan fingerprint density at radius 3 is 2.48 bits per heavy atom. The van der Waals surface area contributed by atoms with E-state index >= 15 is 0 Å². The Kier molecular flexibility index (Phi) is 7.18. The van der Waals surface area contributed by atoms with E-state index in [1.165, 1.54) is 13.3 Å². The molecule has 0 aliphatic rings. The maximum Gasteiger partial charge on any atom is 0.271 e. The number of methoxy groups -OCH3 is 1. The van der Waals surface area contributed by atoms with E-state index in [2.05, 4.69) is 10.5 Å². The molecule has 2 aromatic carbocycles. The number of benzene rings is 2. The molecule has 0 unspecified atom stereocenters. The summed E-state index contributed by atoms with van der Waals surface area (Å²) in [6, 6.07) is 11.7. The number of hydrazone groups is 1. The Labute approximate surface area is 156 Å². The summed E-state index contributed by atoms with van der Waals surface area (Å²) in [6.45, 7) is 2.18. The zero-order valence-corrected chi connectivity index (χ0v) is 15.1. The second kappa shape index (κ2) is 9.81. The molecule has 8 nitrogen and oxygen atoms in total. The zero-order valence-electron chi connectivity index (χ0n) is 15.1. The first-order valence-corrected chi connectivity index (χ1v) is 8.19. The fraction of sp³-hybridized carbons (Fsp3) is 0.211. The summed E-state index contributed by atoms with van der Waals surface area (Å²) in [5.74, 6) is 0.624. The summed E-state index contributed by atoms with van der Waals surface area (Å²) < 4.78 is 15.8. The van der Waals surface area contributed by atoms with Crippen molar-refractivity contribution in [1.82, 2.24) is 5.43 Å². The van der Waals surface area contributed by atoms with Gasteiger partial charge in [0.2, 0.25) is 0 Å². The van der Waals surface area contributed by atoms with E-state index in [0.717, 1.165) is 5.56 Å². The minimum absolute atomic E-state index is 0.185. The molecule has 0 heterocycles. The van der Waals surface area contributed by atoms with E-state index < -0.39 is 5.91 Å². The largest absolute Gasteiger partial charge is 0.493 e. The maximum absolute atomic E-state index is 12.2. The summed E-state index contributed by atoms with van der Waals surface area (Å²) in [6.07, 6.45) is 1.49. The number of nitrogens with one attached hydrogen (secondary N) is 1. The molecule has 0 aliphatic carbocycles. The van der Waals surface area contributed by atoms with Gasteiger partial charge in [-0.1, -0.05) is 0 Å². The summed E-state index contributed by atoms with van der Waals surface area (Å²) in [5.41, 5.74) is 8.59. The van der Waals surface area contributed by atoms with Gasteiger partial charge >= 0.3 is 0 Å². The van der Waals surface area contributed by atoms with E-state index in [1.807, 2.05) is 6.92 Å². The van der Waals surface area contributed by atoms with Gasteiger partial charge in [0.1, 0.15) is 5.75 Å². The molecular weight excluding hydrogens is 350 g/mol. The molecule has 2 aromatic rings. The number of amides is 2. The van der Waals surface area contributed by atoms with Crippen molar-refractivity contribution in [3.05, 3.63) is 53.6 Å². The van der Waals surface area contributed by atoms with E-state index in [1.54, 1.807) is 42.5 Å². The van der Waals surface area contributed by atoms with Gasteiger partial charge in [-0.3, -0.25) is 9.59 Å². The third-order valence-corrected chi connectivity index (χ3v) is 3.37. The Morgan fingerprint density at radius 2 is 1.85 bits per heavy atom. The van der Waals surface area contributed by atoms with Gasteiger partial charge in [0.05, 0.1) is 19.9 Å². The molecule has 0 saturated carbocycles. The van der Waals surface area contributed by atoms with Crippen molar-refractivity contribution in [1.29, 1.82) is 0 Å². The van der Waals surface area contributed by atoms with Crippen LogP contribution in [-0.2, 0) is 4.79 Å². The van der Waals surface area contributed by atoms with Gasteiger partial charge in [0.25, 0.3) is 11.8 Å². The predicted molar refractivity (Wildman–Crippen MR) is 100 cm³/mol. The van der Waals surface area contributed by atoms with E-state index in [9.17, 15) is 9.59 Å². The molecule has 0 spiro atoms. The lowest BCUT2D eigenvalue weighted by Gasteiger charge is -2.10. The predicted octanol–water partition coefficient (Wildman–Crippen LogP) is 1.72. The Bertz CT molecular complexity index is 819. The van der Waals surface area contributed by atoms with Gasteiger partial charge in [-0.15, -0.1) is 0 Å². The van der Waals surface area contributed by atoms with Crippen molar-refractivity contribution in [2.24, 2.45) is 10.8 Å². The smallest absolute Gasteiger partial charge is 0.271 e. The number of nitrogens with zero attached hydrogens (tertiary/aromatic N) is 1. The average Bonchev–Trinajstić information content (AvgIpc) is 2.67. The molecule has 0 aliphatic heterocycles. The summed E-state index contributed by atoms with van der Waals surface area (Å²) in [5, 5.41) is 3.92. The molecule has 0 aromatic heterocycles. The molecule has 0 saturated heterocycles. The zero-order chi connectivity index (χ0) is 19.6. The van der Waals surface area contributed by atoms with Crippen LogP contribution in [0.25, 0.3) is 0 Å². The standard InChI is InChI=1S/C19H21N3O5/c1-3-26-16-9-6-14(10-17(16)25-2)19(24)22-21-11-13-4-7-15(8-5-13)27-12-18(20)23/h4-11H,3,12H2,1-2H3,(H2,20,23)(H,22,24)/b21-11+. The molecule has 0 fully saturated rings. The Morgan fingerprint density at radius 1 is 1.11 bits per heavy atom. The highest BCUT2D eigenvalue weighted by Gasteiger charge is 2.10. The monoisotopic (exact) mass is 371 g/mol. The first kappa shape index (κ1) is 19.8. The molecular formula is C19H21N3O5. The van der Waals surface area contributed by atoms with Crippen molar-refractivity contribution in [2.45, 2.75) is 6.92 Å². The minimum atomic E-state index is -0.547. The first-order valence-electron chi connectivity index (χ1n) is 8.19. The lowest BCUT2D eigenvalue weighted by molar-refractivity contribution is -0.119. The van der Waals surface area contributed by atoms with Gasteiger partial charge in [-0.05, 0) is 55.0 Å². The van der Waals surface area contributed by atoms with Crippen LogP contribution in [-0.4, -0.2) is 38.4 Å². The van der Waals surface area contributed by atoms with E-state index in [4.69, 9.17) is 19.9 Å². The number of hydrogen-bond donors (Lipinski definition) is 2. The van der Waals surface area contributed by atoms with Gasteiger partial charge in [0, 0.05) is 5.56 Å². The third-order valence-electron chi connectivity index (χ3n) is 3.37. The fourth-order valence-electron chi connectivity index (χ4n) is 2.12. The SMILES string of the molecule is CCOc1ccc(C(=O)N/N=C/c2ccc(OCC(N)=O)cc2)cc1OC. The molecule has 142 valence electrons. The van der Waals surface area contributed by atoms with Crippen LogP contribution in [0.5, 0.6) is 17.2 Å². The molecule has 0 atom stereocenters. The van der Waals surface area contributed by atoms with Gasteiger partial charge in [0.15, 0.2) is 18.1 Å². The fourth-order valence-corrected chi connectivity index (χ4v) is 2.12. The van der Waals surface area contributed by atoms with Crippen molar-refractivity contribution in [3.63, 3.8) is 0 Å². The van der Waals surface area contributed by atoms with Crippen LogP contribution in [0.1, 0.15) is 22.8 Å². The quantitative estimate of drug-likeness (QED) is 0.515. The molecule has 2 amide bonds. The van der Waals surface area contributed by atoms with E-state index in [0.29, 0.717) is 29.4 Å². The van der Waals surface area contributed by atoms with Gasteiger partial charge in [-0.25, -0.2) is 5.43 Å². The molecule has 8 heteroatoms. The Hall–Kier alpha value is -3.55. The third kappa shape index (κ3) is 6.03. The molecule has 2 rings (SSSR count). The van der Waals surface area contributed by atoms with Crippen LogP contribution in [0.15, 0.2) is 47.6 Å². The lowest BCUT2D eigenvalue weighted by atomic mass is 10.2. The number of carbonyl (C=O) groups is 2. The highest BCUT2D eigenvalue weighted by atomic mass is 16.5. The number of hydrogen-bond acceptors (Lipinski definition) is 6. The topological polar surface area (TPSA) is 112 Å². The highest BCUT2D eigenvalue weighted by molar-refractivity contribution is 5.95. The van der Waals surface area contributed by atoms with Crippen LogP contribution < -0.4 is 25.4 Å². The van der Waals surface area contributed by atoms with Crippen LogP contribution >= 0.6 is 0 Å². The summed E-state index contributed by atoms with van der Waals surface area (Å²) in [4.78, 5) is 22.9. The highest BCUT2D eigenvalue weighted by Crippen LogP contribution is 2.27. The number of nitrogens with two attached hydrogens (primary N) is 1. The molecule has 0 bridgehead atoms. The van der Waals surface area contributed by atoms with Gasteiger partial charge in [-0.2, -0.15) is 5.10 Å². The normalized spacial score (nSPS) is 10.4. The second-order valence-electron chi connectivity index (χ2n) is 5.32. The number of carbonyl (C=O) groups excluding carboxylic acids is 2. The number of ether oxygens (including phenoxy) is 3. The van der Waals surface area contributed by atoms with Crippen molar-refractivity contribution < 1.29 is 23.8 Å². The van der Waals surface area contributed by atoms with E-state index in [-0.39, 0.29) is 12.5 Å². The molecule has 27 heavy (non-hydrogen) atoms. The van der Waals surface area contributed by atoms with Crippen molar-refractivity contribution >= 4 is 18.0 Å². The van der Waals surface area contributed by atoms with Crippen LogP contribution in [0.4, 0.5) is 0 Å². The second-order valence-corrected chi connectivity index (χ2v) is 5.32. The number of rotatable bonds is 9. The van der Waals surface area contributed by atoms with Crippen molar-refractivity contribution in [3.8, 4) is 17.2 Å². The van der Waals surface area contributed by atoms with Crippen LogP contribution in [0.2, 0.25) is 0 Å². The minimum Gasteiger partial charge on any atom is -0.493 e. The Balaban J connectivity index is 1.95. The van der Waals surface area contributed by atoms with Crippen LogP contribution in [0, 0.1) is 0 Å². The molecule has 0 radical (unpaired) electrons. The summed E-state index contributed by atoms with van der Waals surface area (Å²) >= 11 is 0. The van der Waals surface area contributed by atoms with Crippen LogP contribution in [0.3, 0.4) is 0 Å². The summed E-state index contributed by atoms with van der Waals surface area (Å²) in [7, 11) is 1.51.